The van der Waals surface area contributed by atoms with Crippen molar-refractivity contribution in [3.05, 3.63) is 12.2 Å². The molecule has 0 aromatic carbocycles. The fraction of sp³-hybridized carbons (Fsp3) is 0.667. The van der Waals surface area contributed by atoms with Gasteiger partial charge in [-0.15, -0.1) is 0 Å². The lowest BCUT2D eigenvalue weighted by molar-refractivity contribution is -0.144. The molecule has 0 bridgehead atoms. The number of carbonyl (C=O) groups excluding carboxylic acids is 1. The largest absolute Gasteiger partial charge is 0.459 e. The molecule has 1 saturated carbocycles. The molecule has 1 aliphatic carbocycles. The van der Waals surface area contributed by atoms with Crippen LogP contribution in [0.25, 0.3) is 0 Å². The van der Waals surface area contributed by atoms with E-state index < -0.39 is 0 Å². The predicted octanol–water partition coefficient (Wildman–Crippen LogP) is 1.04. The van der Waals surface area contributed by atoms with Crippen molar-refractivity contribution in [1.82, 2.24) is 0 Å². The van der Waals surface area contributed by atoms with Gasteiger partial charge in [-0.25, -0.2) is 4.79 Å². The van der Waals surface area contributed by atoms with Crippen molar-refractivity contribution >= 4 is 5.97 Å². The maximum Gasteiger partial charge on any atom is 0.333 e. The summed E-state index contributed by atoms with van der Waals surface area (Å²) in [5, 5.41) is 0. The third kappa shape index (κ3) is 1.37. The van der Waals surface area contributed by atoms with E-state index in [-0.39, 0.29) is 12.1 Å². The zero-order valence-corrected chi connectivity index (χ0v) is 7.08. The first-order valence-electron chi connectivity index (χ1n) is 4.19. The monoisotopic (exact) mass is 168 g/mol. The topological polar surface area (TPSA) is 38.8 Å². The Bertz CT molecular complexity index is 224. The minimum atomic E-state index is -0.277. The van der Waals surface area contributed by atoms with Gasteiger partial charge in [0.25, 0.3) is 0 Å². The van der Waals surface area contributed by atoms with Gasteiger partial charge in [0.1, 0.15) is 6.10 Å². The lowest BCUT2D eigenvalue weighted by atomic mass is 10.3. The molecule has 0 aromatic rings. The maximum absolute atomic E-state index is 11.1. The molecule has 1 saturated heterocycles. The van der Waals surface area contributed by atoms with Crippen LogP contribution in [0.15, 0.2) is 12.2 Å². The smallest absolute Gasteiger partial charge is 0.333 e. The maximum atomic E-state index is 11.1. The molecule has 0 N–H and O–H groups in total. The van der Waals surface area contributed by atoms with E-state index in [1.807, 2.05) is 0 Å². The summed E-state index contributed by atoms with van der Waals surface area (Å²) in [5.74, 6) is -0.277. The highest BCUT2D eigenvalue weighted by Gasteiger charge is 2.49. The summed E-state index contributed by atoms with van der Waals surface area (Å²) in [6, 6.07) is 0. The van der Waals surface area contributed by atoms with Crippen LogP contribution in [0.2, 0.25) is 0 Å². The highest BCUT2D eigenvalue weighted by molar-refractivity contribution is 5.87. The first kappa shape index (κ1) is 7.80. The van der Waals surface area contributed by atoms with Crippen LogP contribution in [0.5, 0.6) is 0 Å². The fourth-order valence-corrected chi connectivity index (χ4v) is 1.56. The van der Waals surface area contributed by atoms with Crippen molar-refractivity contribution in [2.75, 3.05) is 0 Å². The van der Waals surface area contributed by atoms with E-state index in [4.69, 9.17) is 9.47 Å². The van der Waals surface area contributed by atoms with Crippen molar-refractivity contribution in [1.29, 1.82) is 0 Å². The minimum absolute atomic E-state index is 0.0675. The molecule has 1 heterocycles. The Balaban J connectivity index is 1.80. The van der Waals surface area contributed by atoms with Gasteiger partial charge in [0.2, 0.25) is 0 Å². The standard InChI is InChI=1S/C9H12O3/c1-5(2)9(10)11-6-3-7-8(4-6)12-7/h6-8H,1,3-4H2,2H3. The van der Waals surface area contributed by atoms with Gasteiger partial charge >= 0.3 is 5.97 Å². The third-order valence-corrected chi connectivity index (χ3v) is 2.30. The van der Waals surface area contributed by atoms with Gasteiger partial charge in [-0.05, 0) is 6.92 Å². The molecular formula is C9H12O3. The average Bonchev–Trinajstić information content (AvgIpc) is 2.59. The second-order valence-electron chi connectivity index (χ2n) is 3.49. The Morgan fingerprint density at radius 3 is 2.58 bits per heavy atom. The summed E-state index contributed by atoms with van der Waals surface area (Å²) in [6.07, 6.45) is 2.53. The van der Waals surface area contributed by atoms with Crippen LogP contribution in [0, 0.1) is 0 Å². The molecule has 2 rings (SSSR count). The van der Waals surface area contributed by atoms with Gasteiger partial charge < -0.3 is 9.47 Å². The molecule has 3 heteroatoms. The van der Waals surface area contributed by atoms with Crippen molar-refractivity contribution in [3.63, 3.8) is 0 Å². The lowest BCUT2D eigenvalue weighted by Crippen LogP contribution is -2.17. The molecule has 3 nitrogen and oxygen atoms in total. The number of ether oxygens (including phenoxy) is 2. The summed E-state index contributed by atoms with van der Waals surface area (Å²) in [4.78, 5) is 11.1. The van der Waals surface area contributed by atoms with Crippen molar-refractivity contribution < 1.29 is 14.3 Å². The molecule has 66 valence electrons. The highest BCUT2D eigenvalue weighted by Crippen LogP contribution is 2.39. The summed E-state index contributed by atoms with van der Waals surface area (Å²) >= 11 is 0. The SMILES string of the molecule is C=C(C)C(=O)OC1CC2OC2C1. The van der Waals surface area contributed by atoms with Gasteiger partial charge in [-0.2, -0.15) is 0 Å². The molecule has 2 unspecified atom stereocenters. The molecule has 0 spiro atoms. The van der Waals surface area contributed by atoms with Crippen molar-refractivity contribution in [3.8, 4) is 0 Å². The molecule has 2 aliphatic rings. The average molecular weight is 168 g/mol. The number of esters is 1. The lowest BCUT2D eigenvalue weighted by Gasteiger charge is -2.12. The van der Waals surface area contributed by atoms with Gasteiger partial charge in [0, 0.05) is 18.4 Å². The first-order chi connectivity index (χ1) is 5.66. The highest BCUT2D eigenvalue weighted by atomic mass is 16.6. The normalized spacial score (nSPS) is 37.2. The van der Waals surface area contributed by atoms with E-state index in [0.29, 0.717) is 17.8 Å². The Morgan fingerprint density at radius 2 is 2.08 bits per heavy atom. The van der Waals surface area contributed by atoms with Crippen molar-refractivity contribution in [2.24, 2.45) is 0 Å². The third-order valence-electron chi connectivity index (χ3n) is 2.30. The summed E-state index contributed by atoms with van der Waals surface area (Å²) in [6.45, 7) is 5.18. The molecule has 0 radical (unpaired) electrons. The molecule has 0 amide bonds. The molecule has 2 fully saturated rings. The number of hydrogen-bond acceptors (Lipinski definition) is 3. The van der Waals surface area contributed by atoms with Crippen molar-refractivity contribution in [2.45, 2.75) is 38.1 Å². The molecular weight excluding hydrogens is 156 g/mol. The summed E-state index contributed by atoms with van der Waals surface area (Å²) in [5.41, 5.74) is 0.469. The van der Waals surface area contributed by atoms with E-state index in [1.165, 1.54) is 0 Å². The van der Waals surface area contributed by atoms with Crippen LogP contribution in [-0.4, -0.2) is 24.3 Å². The molecule has 12 heavy (non-hydrogen) atoms. The zero-order valence-electron chi connectivity index (χ0n) is 7.08. The number of rotatable bonds is 2. The molecule has 1 aliphatic heterocycles. The fourth-order valence-electron chi connectivity index (χ4n) is 1.56. The van der Waals surface area contributed by atoms with E-state index >= 15 is 0 Å². The Labute approximate surface area is 71.3 Å². The van der Waals surface area contributed by atoms with Crippen LogP contribution >= 0.6 is 0 Å². The van der Waals surface area contributed by atoms with E-state index in [0.717, 1.165) is 12.8 Å². The summed E-state index contributed by atoms with van der Waals surface area (Å²) in [7, 11) is 0. The number of fused-ring (bicyclic) bond motifs is 1. The van der Waals surface area contributed by atoms with Gasteiger partial charge in [0.05, 0.1) is 12.2 Å². The minimum Gasteiger partial charge on any atom is -0.459 e. The van der Waals surface area contributed by atoms with Gasteiger partial charge in [0.15, 0.2) is 0 Å². The Hall–Kier alpha value is -0.830. The van der Waals surface area contributed by atoms with Crippen LogP contribution < -0.4 is 0 Å². The predicted molar refractivity (Wildman–Crippen MR) is 42.6 cm³/mol. The first-order valence-corrected chi connectivity index (χ1v) is 4.19. The van der Waals surface area contributed by atoms with Gasteiger partial charge in [-0.3, -0.25) is 0 Å². The second kappa shape index (κ2) is 2.59. The van der Waals surface area contributed by atoms with E-state index in [2.05, 4.69) is 6.58 Å². The van der Waals surface area contributed by atoms with Crippen LogP contribution in [-0.2, 0) is 14.3 Å². The number of epoxide rings is 1. The van der Waals surface area contributed by atoms with E-state index in [9.17, 15) is 4.79 Å². The quantitative estimate of drug-likeness (QED) is 0.351. The second-order valence-corrected chi connectivity index (χ2v) is 3.49. The summed E-state index contributed by atoms with van der Waals surface area (Å²) < 4.78 is 10.4. The molecule has 2 atom stereocenters. The van der Waals surface area contributed by atoms with Gasteiger partial charge in [-0.1, -0.05) is 6.58 Å². The van der Waals surface area contributed by atoms with Crippen LogP contribution in [0.3, 0.4) is 0 Å². The van der Waals surface area contributed by atoms with Crippen LogP contribution in [0.1, 0.15) is 19.8 Å². The molecule has 0 aromatic heterocycles. The zero-order chi connectivity index (χ0) is 8.72. The van der Waals surface area contributed by atoms with E-state index in [1.54, 1.807) is 6.92 Å². The Morgan fingerprint density at radius 1 is 1.50 bits per heavy atom. The Kier molecular flexibility index (Phi) is 1.68. The number of hydrogen-bond donors (Lipinski definition) is 0. The van der Waals surface area contributed by atoms with Crippen LogP contribution in [0.4, 0.5) is 0 Å². The number of carbonyl (C=O) groups is 1.